The van der Waals surface area contributed by atoms with Crippen LogP contribution in [0.2, 0.25) is 0 Å². The molecule has 1 aromatic carbocycles. The summed E-state index contributed by atoms with van der Waals surface area (Å²) in [5, 5.41) is 6.96. The van der Waals surface area contributed by atoms with Crippen molar-refractivity contribution in [1.82, 2.24) is 19.7 Å². The molecule has 21 heavy (non-hydrogen) atoms. The molecule has 1 aliphatic rings. The van der Waals surface area contributed by atoms with Gasteiger partial charge >= 0.3 is 6.18 Å². The maximum Gasteiger partial charge on any atom is 0.451 e. The zero-order valence-electron chi connectivity index (χ0n) is 10.9. The SMILES string of the molecule is FC(F)(F)c1nnc2n1CCN(Cc1ccccc1Br)C2. The first-order valence-corrected chi connectivity index (χ1v) is 7.19. The zero-order valence-corrected chi connectivity index (χ0v) is 12.5. The molecule has 1 aliphatic heterocycles. The molecular formula is C13H12BrF3N4. The topological polar surface area (TPSA) is 34.0 Å². The van der Waals surface area contributed by atoms with Crippen LogP contribution in [0.3, 0.4) is 0 Å². The van der Waals surface area contributed by atoms with Gasteiger partial charge in [0.25, 0.3) is 0 Å². The second-order valence-electron chi connectivity index (χ2n) is 4.89. The van der Waals surface area contributed by atoms with E-state index in [1.54, 1.807) is 0 Å². The number of hydrogen-bond donors (Lipinski definition) is 0. The minimum atomic E-state index is -4.45. The molecule has 112 valence electrons. The molecule has 8 heteroatoms. The third-order valence-corrected chi connectivity index (χ3v) is 4.21. The first-order chi connectivity index (χ1) is 9.95. The standard InChI is InChI=1S/C13H12BrF3N4/c14-10-4-2-1-3-9(10)7-20-5-6-21-11(8-20)18-19-12(21)13(15,16)17/h1-4H,5-8H2. The van der Waals surface area contributed by atoms with Crippen molar-refractivity contribution in [2.75, 3.05) is 6.54 Å². The summed E-state index contributed by atoms with van der Waals surface area (Å²) in [6.45, 7) is 1.82. The second kappa shape index (κ2) is 5.42. The second-order valence-corrected chi connectivity index (χ2v) is 5.75. The molecule has 4 nitrogen and oxygen atoms in total. The molecule has 0 radical (unpaired) electrons. The van der Waals surface area contributed by atoms with Crippen LogP contribution >= 0.6 is 15.9 Å². The van der Waals surface area contributed by atoms with Crippen molar-refractivity contribution in [3.05, 3.63) is 46.0 Å². The number of hydrogen-bond acceptors (Lipinski definition) is 3. The van der Waals surface area contributed by atoms with Crippen LogP contribution in [0.4, 0.5) is 13.2 Å². The van der Waals surface area contributed by atoms with Gasteiger partial charge in [-0.05, 0) is 11.6 Å². The summed E-state index contributed by atoms with van der Waals surface area (Å²) in [7, 11) is 0. The monoisotopic (exact) mass is 360 g/mol. The lowest BCUT2D eigenvalue weighted by molar-refractivity contribution is -0.148. The van der Waals surface area contributed by atoms with Gasteiger partial charge in [0.1, 0.15) is 5.82 Å². The number of nitrogens with zero attached hydrogens (tertiary/aromatic N) is 4. The smallest absolute Gasteiger partial charge is 0.305 e. The molecule has 0 atom stereocenters. The van der Waals surface area contributed by atoms with Gasteiger partial charge in [0.2, 0.25) is 5.82 Å². The molecule has 0 saturated carbocycles. The highest BCUT2D eigenvalue weighted by Gasteiger charge is 2.39. The fraction of sp³-hybridized carbons (Fsp3) is 0.385. The van der Waals surface area contributed by atoms with Gasteiger partial charge in [0.05, 0.1) is 6.54 Å². The van der Waals surface area contributed by atoms with Gasteiger partial charge in [-0.3, -0.25) is 4.90 Å². The van der Waals surface area contributed by atoms with Crippen LogP contribution < -0.4 is 0 Å². The first-order valence-electron chi connectivity index (χ1n) is 6.40. The van der Waals surface area contributed by atoms with E-state index in [-0.39, 0.29) is 6.54 Å². The van der Waals surface area contributed by atoms with Gasteiger partial charge in [0.15, 0.2) is 0 Å². The summed E-state index contributed by atoms with van der Waals surface area (Å²) in [6.07, 6.45) is -4.45. The molecule has 2 aromatic rings. The highest BCUT2D eigenvalue weighted by molar-refractivity contribution is 9.10. The van der Waals surface area contributed by atoms with Gasteiger partial charge in [-0.1, -0.05) is 34.1 Å². The number of aromatic nitrogens is 3. The first kappa shape index (κ1) is 14.5. The average molecular weight is 361 g/mol. The van der Waals surface area contributed by atoms with Crippen molar-refractivity contribution in [3.8, 4) is 0 Å². The minimum Gasteiger partial charge on any atom is -0.305 e. The molecule has 3 rings (SSSR count). The fourth-order valence-corrected chi connectivity index (χ4v) is 2.83. The van der Waals surface area contributed by atoms with Crippen LogP contribution in [0.1, 0.15) is 17.2 Å². The van der Waals surface area contributed by atoms with Crippen molar-refractivity contribution in [2.45, 2.75) is 25.8 Å². The van der Waals surface area contributed by atoms with Crippen molar-refractivity contribution < 1.29 is 13.2 Å². The Balaban J connectivity index is 1.77. The quantitative estimate of drug-likeness (QED) is 0.825. The zero-order chi connectivity index (χ0) is 15.0. The molecule has 0 fully saturated rings. The average Bonchev–Trinajstić information content (AvgIpc) is 2.84. The van der Waals surface area contributed by atoms with Gasteiger partial charge in [-0.2, -0.15) is 13.2 Å². The molecule has 1 aromatic heterocycles. The highest BCUT2D eigenvalue weighted by atomic mass is 79.9. The Bertz CT molecular complexity index is 653. The summed E-state index contributed by atoms with van der Waals surface area (Å²) in [4.78, 5) is 2.06. The Hall–Kier alpha value is -1.41. The molecule has 0 aliphatic carbocycles. The number of halogens is 4. The van der Waals surface area contributed by atoms with Crippen LogP contribution in [-0.2, 0) is 25.8 Å². The van der Waals surface area contributed by atoms with Gasteiger partial charge < -0.3 is 4.57 Å². The maximum absolute atomic E-state index is 12.8. The van der Waals surface area contributed by atoms with Gasteiger partial charge in [0, 0.05) is 24.1 Å². The molecule has 0 spiro atoms. The summed E-state index contributed by atoms with van der Waals surface area (Å²) in [5.41, 5.74) is 1.10. The maximum atomic E-state index is 12.8. The van der Waals surface area contributed by atoms with E-state index in [1.807, 2.05) is 24.3 Å². The van der Waals surface area contributed by atoms with E-state index in [9.17, 15) is 13.2 Å². The van der Waals surface area contributed by atoms with E-state index in [4.69, 9.17) is 0 Å². The van der Waals surface area contributed by atoms with Crippen LogP contribution in [0.5, 0.6) is 0 Å². The van der Waals surface area contributed by atoms with Crippen molar-refractivity contribution >= 4 is 15.9 Å². The van der Waals surface area contributed by atoms with E-state index in [2.05, 4.69) is 31.0 Å². The molecule has 0 amide bonds. The van der Waals surface area contributed by atoms with E-state index in [1.165, 1.54) is 0 Å². The van der Waals surface area contributed by atoms with Gasteiger partial charge in [-0.15, -0.1) is 10.2 Å². The Labute approximate surface area is 127 Å². The fourth-order valence-electron chi connectivity index (χ4n) is 2.42. The van der Waals surface area contributed by atoms with E-state index >= 15 is 0 Å². The predicted octanol–water partition coefficient (Wildman–Crippen LogP) is 3.08. The number of rotatable bonds is 2. The van der Waals surface area contributed by atoms with Crippen molar-refractivity contribution in [1.29, 1.82) is 0 Å². The molecular weight excluding hydrogens is 349 g/mol. The van der Waals surface area contributed by atoms with Crippen LogP contribution in [0.15, 0.2) is 28.7 Å². The predicted molar refractivity (Wildman–Crippen MR) is 73.3 cm³/mol. The van der Waals surface area contributed by atoms with E-state index in [0.717, 1.165) is 14.6 Å². The van der Waals surface area contributed by atoms with Crippen molar-refractivity contribution in [2.24, 2.45) is 0 Å². The summed E-state index contributed by atoms with van der Waals surface area (Å²) in [6, 6.07) is 7.80. The minimum absolute atomic E-state index is 0.252. The lowest BCUT2D eigenvalue weighted by atomic mass is 10.2. The van der Waals surface area contributed by atoms with Crippen LogP contribution in [0.25, 0.3) is 0 Å². The summed E-state index contributed by atoms with van der Waals surface area (Å²) >= 11 is 3.48. The molecule has 0 N–H and O–H groups in total. The van der Waals surface area contributed by atoms with E-state index in [0.29, 0.717) is 25.5 Å². The van der Waals surface area contributed by atoms with E-state index < -0.39 is 12.0 Å². The Morgan fingerprint density at radius 1 is 1.14 bits per heavy atom. The lowest BCUT2D eigenvalue weighted by Gasteiger charge is -2.28. The molecule has 2 heterocycles. The van der Waals surface area contributed by atoms with Gasteiger partial charge in [-0.25, -0.2) is 0 Å². The highest BCUT2D eigenvalue weighted by Crippen LogP contribution is 2.29. The molecule has 0 bridgehead atoms. The normalized spacial score (nSPS) is 16.0. The summed E-state index contributed by atoms with van der Waals surface area (Å²) < 4.78 is 40.4. The Morgan fingerprint density at radius 2 is 1.90 bits per heavy atom. The largest absolute Gasteiger partial charge is 0.451 e. The number of benzene rings is 1. The molecule has 0 saturated heterocycles. The number of alkyl halides is 3. The third kappa shape index (κ3) is 2.96. The Kier molecular flexibility index (Phi) is 3.75. The van der Waals surface area contributed by atoms with Crippen LogP contribution in [-0.4, -0.2) is 26.2 Å². The lowest BCUT2D eigenvalue weighted by Crippen LogP contribution is -2.35. The van der Waals surface area contributed by atoms with Crippen molar-refractivity contribution in [3.63, 3.8) is 0 Å². The number of fused-ring (bicyclic) bond motifs is 1. The summed E-state index contributed by atoms with van der Waals surface area (Å²) in [5.74, 6) is -0.543. The van der Waals surface area contributed by atoms with Crippen LogP contribution in [0, 0.1) is 0 Å². The molecule has 0 unspecified atom stereocenters. The third-order valence-electron chi connectivity index (χ3n) is 3.44. The Morgan fingerprint density at radius 3 is 2.62 bits per heavy atom.